The number of carbonyl (C=O) groups excluding carboxylic acids is 2. The summed E-state index contributed by atoms with van der Waals surface area (Å²) in [5, 5.41) is 9.22. The van der Waals surface area contributed by atoms with Crippen LogP contribution in [0.25, 0.3) is 5.69 Å². The van der Waals surface area contributed by atoms with Gasteiger partial charge in [-0.15, -0.1) is 5.10 Å². The molecule has 3 heterocycles. The number of hydrogen-bond donors (Lipinski definition) is 1. The van der Waals surface area contributed by atoms with E-state index in [-0.39, 0.29) is 17.7 Å². The fourth-order valence-electron chi connectivity index (χ4n) is 3.90. The average molecular weight is 466 g/mol. The molecule has 9 nitrogen and oxygen atoms in total. The Balaban J connectivity index is 1.63. The minimum atomic E-state index is -0.307. The van der Waals surface area contributed by atoms with Crippen LogP contribution >= 0.6 is 11.8 Å². The Kier molecular flexibility index (Phi) is 6.73. The van der Waals surface area contributed by atoms with E-state index in [2.05, 4.69) is 20.3 Å². The highest BCUT2D eigenvalue weighted by molar-refractivity contribution is 7.98. The average Bonchev–Trinajstić information content (AvgIpc) is 3.21. The standard InChI is InChI=1S/C23H27N7O2S/c1-14-4-6-18(7-5-14)30-19(13-33-23-25-15(2)12-16(3)26-23)20(27-28-30)22(32)29-10-8-17(9-11-29)21(24)31/h4-7,12,17H,8-11,13H2,1-3H3,(H2,24,31). The summed E-state index contributed by atoms with van der Waals surface area (Å²) in [6, 6.07) is 9.83. The summed E-state index contributed by atoms with van der Waals surface area (Å²) < 4.78 is 1.71. The van der Waals surface area contributed by atoms with E-state index in [1.165, 1.54) is 11.8 Å². The van der Waals surface area contributed by atoms with E-state index in [9.17, 15) is 9.59 Å². The first kappa shape index (κ1) is 22.9. The maximum absolute atomic E-state index is 13.4. The summed E-state index contributed by atoms with van der Waals surface area (Å²) >= 11 is 1.45. The molecule has 1 fully saturated rings. The first-order chi connectivity index (χ1) is 15.8. The lowest BCUT2D eigenvalue weighted by atomic mass is 9.96. The summed E-state index contributed by atoms with van der Waals surface area (Å²) in [7, 11) is 0. The van der Waals surface area contributed by atoms with Crippen LogP contribution in [0.3, 0.4) is 0 Å². The molecular formula is C23H27N7O2S. The molecule has 0 saturated carbocycles. The molecule has 10 heteroatoms. The second-order valence-corrected chi connectivity index (χ2v) is 9.27. The molecule has 0 atom stereocenters. The third kappa shape index (κ3) is 5.22. The van der Waals surface area contributed by atoms with Gasteiger partial charge >= 0.3 is 0 Å². The molecule has 2 aromatic heterocycles. The van der Waals surface area contributed by atoms with Crippen molar-refractivity contribution >= 4 is 23.6 Å². The van der Waals surface area contributed by atoms with Crippen molar-refractivity contribution < 1.29 is 9.59 Å². The van der Waals surface area contributed by atoms with E-state index in [0.29, 0.717) is 48.2 Å². The van der Waals surface area contributed by atoms with Gasteiger partial charge in [0.2, 0.25) is 5.91 Å². The second-order valence-electron chi connectivity index (χ2n) is 8.32. The summed E-state index contributed by atoms with van der Waals surface area (Å²) in [6.07, 6.45) is 1.13. The number of likely N-dealkylation sites (tertiary alicyclic amines) is 1. The minimum Gasteiger partial charge on any atom is -0.369 e. The Hall–Kier alpha value is -3.27. The molecule has 0 unspecified atom stereocenters. The topological polar surface area (TPSA) is 120 Å². The molecule has 0 bridgehead atoms. The van der Waals surface area contributed by atoms with Crippen molar-refractivity contribution in [2.45, 2.75) is 44.5 Å². The number of rotatable bonds is 6. The molecule has 0 radical (unpaired) electrons. The van der Waals surface area contributed by atoms with Crippen molar-refractivity contribution in [3.8, 4) is 5.69 Å². The molecule has 172 valence electrons. The number of nitrogens with zero attached hydrogens (tertiary/aromatic N) is 6. The Morgan fingerprint density at radius 3 is 2.30 bits per heavy atom. The molecular weight excluding hydrogens is 438 g/mol. The molecule has 1 saturated heterocycles. The van der Waals surface area contributed by atoms with Crippen molar-refractivity contribution in [3.05, 3.63) is 58.7 Å². The van der Waals surface area contributed by atoms with Gasteiger partial charge in [-0.05, 0) is 51.8 Å². The van der Waals surface area contributed by atoms with E-state index >= 15 is 0 Å². The summed E-state index contributed by atoms with van der Waals surface area (Å²) in [4.78, 5) is 35.6. The van der Waals surface area contributed by atoms with Gasteiger partial charge in [-0.3, -0.25) is 9.59 Å². The van der Waals surface area contributed by atoms with E-state index in [4.69, 9.17) is 5.73 Å². The van der Waals surface area contributed by atoms with Crippen molar-refractivity contribution in [1.29, 1.82) is 0 Å². The van der Waals surface area contributed by atoms with Gasteiger partial charge in [0.1, 0.15) is 0 Å². The van der Waals surface area contributed by atoms with Crippen LogP contribution in [0.1, 0.15) is 46.0 Å². The van der Waals surface area contributed by atoms with Crippen molar-refractivity contribution in [3.63, 3.8) is 0 Å². The van der Waals surface area contributed by atoms with Crippen LogP contribution in [0.5, 0.6) is 0 Å². The number of aryl methyl sites for hydroxylation is 3. The molecule has 2 amide bonds. The second kappa shape index (κ2) is 9.70. The minimum absolute atomic E-state index is 0.186. The van der Waals surface area contributed by atoms with Gasteiger partial charge < -0.3 is 10.6 Å². The number of benzene rings is 1. The SMILES string of the molecule is Cc1ccc(-n2nnc(C(=O)N3CCC(C(N)=O)CC3)c2CSc2nc(C)cc(C)n2)cc1. The zero-order valence-electron chi connectivity index (χ0n) is 19.0. The zero-order valence-corrected chi connectivity index (χ0v) is 19.8. The molecule has 2 N–H and O–H groups in total. The number of primary amides is 1. The van der Waals surface area contributed by atoms with Crippen LogP contribution in [-0.4, -0.2) is 54.8 Å². The zero-order chi connectivity index (χ0) is 23.5. The number of hydrogen-bond acceptors (Lipinski definition) is 7. The highest BCUT2D eigenvalue weighted by Crippen LogP contribution is 2.26. The van der Waals surface area contributed by atoms with Gasteiger partial charge in [0.25, 0.3) is 5.91 Å². The highest BCUT2D eigenvalue weighted by Gasteiger charge is 2.30. The van der Waals surface area contributed by atoms with E-state index in [1.54, 1.807) is 9.58 Å². The predicted molar refractivity (Wildman–Crippen MR) is 125 cm³/mol. The fraction of sp³-hybridized carbons (Fsp3) is 0.391. The molecule has 0 spiro atoms. The monoisotopic (exact) mass is 465 g/mol. The maximum Gasteiger partial charge on any atom is 0.276 e. The number of piperidine rings is 1. The van der Waals surface area contributed by atoms with Gasteiger partial charge in [-0.25, -0.2) is 14.6 Å². The normalized spacial score (nSPS) is 14.5. The lowest BCUT2D eigenvalue weighted by Gasteiger charge is -2.30. The van der Waals surface area contributed by atoms with Crippen molar-refractivity contribution in [2.75, 3.05) is 13.1 Å². The molecule has 3 aromatic rings. The number of amides is 2. The van der Waals surface area contributed by atoms with Crippen LogP contribution in [0.2, 0.25) is 0 Å². The number of carbonyl (C=O) groups is 2. The van der Waals surface area contributed by atoms with E-state index in [1.807, 2.05) is 51.1 Å². The molecule has 33 heavy (non-hydrogen) atoms. The maximum atomic E-state index is 13.4. The number of aromatic nitrogens is 5. The van der Waals surface area contributed by atoms with Gasteiger partial charge in [-0.1, -0.05) is 34.7 Å². The smallest absolute Gasteiger partial charge is 0.276 e. The third-order valence-electron chi connectivity index (χ3n) is 5.73. The Morgan fingerprint density at radius 2 is 1.70 bits per heavy atom. The quantitative estimate of drug-likeness (QED) is 0.439. The number of nitrogens with two attached hydrogens (primary N) is 1. The molecule has 0 aliphatic carbocycles. The van der Waals surface area contributed by atoms with E-state index in [0.717, 1.165) is 22.6 Å². The molecule has 4 rings (SSSR count). The van der Waals surface area contributed by atoms with Gasteiger partial charge in [0.15, 0.2) is 10.9 Å². The van der Waals surface area contributed by atoms with Gasteiger partial charge in [-0.2, -0.15) is 0 Å². The molecule has 1 aliphatic rings. The summed E-state index contributed by atoms with van der Waals surface area (Å²) in [5.74, 6) is -0.247. The predicted octanol–water partition coefficient (Wildman–Crippen LogP) is 2.61. The van der Waals surface area contributed by atoms with Gasteiger partial charge in [0, 0.05) is 36.1 Å². The highest BCUT2D eigenvalue weighted by atomic mass is 32.2. The Bertz CT molecular complexity index is 1150. The first-order valence-corrected chi connectivity index (χ1v) is 11.9. The largest absolute Gasteiger partial charge is 0.369 e. The molecule has 1 aromatic carbocycles. The summed E-state index contributed by atoms with van der Waals surface area (Å²) in [5.41, 5.74) is 10.2. The van der Waals surface area contributed by atoms with Crippen LogP contribution in [-0.2, 0) is 10.5 Å². The van der Waals surface area contributed by atoms with Crippen LogP contribution in [0.15, 0.2) is 35.5 Å². The van der Waals surface area contributed by atoms with Gasteiger partial charge in [0.05, 0.1) is 11.4 Å². The first-order valence-electron chi connectivity index (χ1n) is 10.9. The van der Waals surface area contributed by atoms with E-state index < -0.39 is 0 Å². The van der Waals surface area contributed by atoms with Crippen LogP contribution < -0.4 is 5.73 Å². The lowest BCUT2D eigenvalue weighted by Crippen LogP contribution is -2.42. The van der Waals surface area contributed by atoms with Crippen molar-refractivity contribution in [1.82, 2.24) is 29.9 Å². The lowest BCUT2D eigenvalue weighted by molar-refractivity contribution is -0.123. The summed E-state index contributed by atoms with van der Waals surface area (Å²) in [6.45, 7) is 6.82. The van der Waals surface area contributed by atoms with Crippen LogP contribution in [0, 0.1) is 26.7 Å². The fourth-order valence-corrected chi connectivity index (χ4v) is 4.84. The van der Waals surface area contributed by atoms with Crippen LogP contribution in [0.4, 0.5) is 0 Å². The Morgan fingerprint density at radius 1 is 1.06 bits per heavy atom. The Labute approximate surface area is 196 Å². The number of thioether (sulfide) groups is 1. The van der Waals surface area contributed by atoms with Crippen molar-refractivity contribution in [2.24, 2.45) is 11.7 Å². The molecule has 1 aliphatic heterocycles. The third-order valence-corrected chi connectivity index (χ3v) is 6.59.